The van der Waals surface area contributed by atoms with E-state index in [9.17, 15) is 4.79 Å². The number of nitrogens with zero attached hydrogens (tertiary/aromatic N) is 1. The molecule has 0 saturated carbocycles. The van der Waals surface area contributed by atoms with E-state index in [1.807, 2.05) is 6.07 Å². The van der Waals surface area contributed by atoms with Gasteiger partial charge in [-0.2, -0.15) is 0 Å². The normalized spacial score (nSPS) is 24.9. The summed E-state index contributed by atoms with van der Waals surface area (Å²) in [7, 11) is -4.42. The average Bonchev–Trinajstić information content (AvgIpc) is 3.25. The quantitative estimate of drug-likeness (QED) is 0.304. The van der Waals surface area contributed by atoms with Crippen LogP contribution in [-0.4, -0.2) is 33.3 Å². The van der Waals surface area contributed by atoms with E-state index in [4.69, 9.17) is 13.6 Å². The van der Waals surface area contributed by atoms with Gasteiger partial charge in [0.2, 0.25) is 0 Å². The average molecular weight is 514 g/mol. The van der Waals surface area contributed by atoms with Gasteiger partial charge in [0.25, 0.3) is 0 Å². The van der Waals surface area contributed by atoms with Crippen molar-refractivity contribution in [2.45, 2.75) is 109 Å². The van der Waals surface area contributed by atoms with Crippen molar-refractivity contribution in [2.24, 2.45) is 0 Å². The van der Waals surface area contributed by atoms with Gasteiger partial charge in [-0.15, -0.1) is 0 Å². The van der Waals surface area contributed by atoms with E-state index >= 15 is 0 Å². The zero-order chi connectivity index (χ0) is 26.0. The number of carbonyl (C=O) groups excluding carboxylic acids is 1. The molecule has 1 fully saturated rings. The number of ether oxygens (including phenoxy) is 1. The highest BCUT2D eigenvalue weighted by Crippen LogP contribution is 2.56. The summed E-state index contributed by atoms with van der Waals surface area (Å²) in [6, 6.07) is 12.5. The fourth-order valence-corrected chi connectivity index (χ4v) is 7.33. The van der Waals surface area contributed by atoms with Gasteiger partial charge in [0.1, 0.15) is 12.2 Å². The Labute approximate surface area is 213 Å². The first-order valence-electron chi connectivity index (χ1n) is 12.8. The van der Waals surface area contributed by atoms with Crippen LogP contribution >= 0.6 is 0 Å². The van der Waals surface area contributed by atoms with Gasteiger partial charge in [-0.3, -0.25) is 0 Å². The van der Waals surface area contributed by atoms with Crippen LogP contribution in [0.25, 0.3) is 0 Å². The van der Waals surface area contributed by atoms with E-state index in [-0.39, 0.29) is 28.3 Å². The van der Waals surface area contributed by atoms with Crippen molar-refractivity contribution >= 4 is 22.6 Å². The lowest BCUT2D eigenvalue weighted by molar-refractivity contribution is -0.155. The molecule has 5 nitrogen and oxygen atoms in total. The third-order valence-corrected chi connectivity index (χ3v) is 17.7. The summed E-state index contributed by atoms with van der Waals surface area (Å²) in [6.45, 7) is 23.0. The number of rotatable bonds is 6. The van der Waals surface area contributed by atoms with Gasteiger partial charge < -0.3 is 18.2 Å². The topological polar surface area (TPSA) is 49.7 Å². The standard InChI is InChI=1S/C28H43NO4Si2/c1-26(2,3)34(7,8)32-24-22-18-28(25(30)31-22,33-35(9,10)27(4,5)6)21-16-17-29(23(21)24)19-20-14-12-11-13-15-20/h11-17,22,24H,18-19H2,1-10H3/t22-,24+,28-/m1/s1. The molecule has 0 unspecified atom stereocenters. The highest BCUT2D eigenvalue weighted by molar-refractivity contribution is 6.74. The Bertz CT molecular complexity index is 1090. The first kappa shape index (κ1) is 26.4. The molecule has 0 N–H and O–H groups in total. The van der Waals surface area contributed by atoms with Crippen LogP contribution in [0.3, 0.4) is 0 Å². The summed E-state index contributed by atoms with van der Waals surface area (Å²) in [5.41, 5.74) is 2.12. The second kappa shape index (κ2) is 8.43. The largest absolute Gasteiger partial charge is 0.457 e. The summed E-state index contributed by atoms with van der Waals surface area (Å²) in [6.07, 6.45) is 1.97. The van der Waals surface area contributed by atoms with Gasteiger partial charge >= 0.3 is 5.97 Å². The van der Waals surface area contributed by atoms with Crippen LogP contribution < -0.4 is 0 Å². The lowest BCUT2D eigenvalue weighted by Gasteiger charge is -2.45. The van der Waals surface area contributed by atoms with E-state index in [1.54, 1.807) is 0 Å². The van der Waals surface area contributed by atoms with E-state index in [0.29, 0.717) is 13.0 Å². The molecule has 0 spiro atoms. The summed E-state index contributed by atoms with van der Waals surface area (Å²) in [5, 5.41) is 0.0141. The van der Waals surface area contributed by atoms with E-state index < -0.39 is 22.2 Å². The maximum absolute atomic E-state index is 13.6. The first-order valence-corrected chi connectivity index (χ1v) is 18.6. The van der Waals surface area contributed by atoms with Crippen LogP contribution in [0.15, 0.2) is 42.6 Å². The number of carbonyl (C=O) groups is 1. The number of hydrogen-bond acceptors (Lipinski definition) is 4. The molecule has 1 aromatic carbocycles. The van der Waals surface area contributed by atoms with Crippen LogP contribution in [0.2, 0.25) is 36.3 Å². The zero-order valence-electron chi connectivity index (χ0n) is 23.2. The number of aromatic nitrogens is 1. The Morgan fingerprint density at radius 1 is 0.971 bits per heavy atom. The Hall–Kier alpha value is -1.68. The van der Waals surface area contributed by atoms with Crippen LogP contribution in [0.4, 0.5) is 0 Å². The van der Waals surface area contributed by atoms with Gasteiger partial charge in [0.05, 0.1) is 5.69 Å². The zero-order valence-corrected chi connectivity index (χ0v) is 25.2. The highest BCUT2D eigenvalue weighted by Gasteiger charge is 2.63. The molecule has 2 bridgehead atoms. The predicted molar refractivity (Wildman–Crippen MR) is 145 cm³/mol. The molecule has 2 heterocycles. The number of benzene rings is 1. The maximum Gasteiger partial charge on any atom is 0.342 e. The highest BCUT2D eigenvalue weighted by atomic mass is 28.4. The smallest absolute Gasteiger partial charge is 0.342 e. The van der Waals surface area contributed by atoms with Crippen LogP contribution in [0.1, 0.15) is 70.9 Å². The summed E-state index contributed by atoms with van der Waals surface area (Å²) in [4.78, 5) is 13.6. The molecule has 2 aliphatic rings. The van der Waals surface area contributed by atoms with Crippen LogP contribution in [0, 0.1) is 0 Å². The SMILES string of the molecule is CC(C)(C)[Si](C)(C)O[C@@H]1c2c(ccn2Cc2ccccc2)[C@]2(O[Si](C)(C)C(C)(C)C)C[C@H]1OC2=O. The molecule has 1 saturated heterocycles. The van der Waals surface area contributed by atoms with Gasteiger partial charge in [-0.05, 0) is 47.9 Å². The minimum Gasteiger partial charge on any atom is -0.457 e. The molecule has 4 rings (SSSR count). The predicted octanol–water partition coefficient (Wildman–Crippen LogP) is 7.15. The van der Waals surface area contributed by atoms with Crippen molar-refractivity contribution in [3.05, 3.63) is 59.4 Å². The van der Waals surface area contributed by atoms with E-state index in [1.165, 1.54) is 5.56 Å². The minimum atomic E-state index is -2.28. The van der Waals surface area contributed by atoms with E-state index in [2.05, 4.69) is 109 Å². The fraction of sp³-hybridized carbons (Fsp3) is 0.607. The molecule has 192 valence electrons. The second-order valence-corrected chi connectivity index (χ2v) is 22.8. The third-order valence-electron chi connectivity index (χ3n) is 8.78. The lowest BCUT2D eigenvalue weighted by Crippen LogP contribution is -2.52. The Kier molecular flexibility index (Phi) is 6.36. The van der Waals surface area contributed by atoms with Crippen LogP contribution in [-0.2, 0) is 30.5 Å². The molecule has 35 heavy (non-hydrogen) atoms. The summed E-state index contributed by atoms with van der Waals surface area (Å²) in [5.74, 6) is -0.257. The van der Waals surface area contributed by atoms with Gasteiger partial charge in [0, 0.05) is 24.7 Å². The maximum atomic E-state index is 13.6. The monoisotopic (exact) mass is 513 g/mol. The van der Waals surface area contributed by atoms with Crippen molar-refractivity contribution in [1.82, 2.24) is 4.57 Å². The number of hydrogen-bond donors (Lipinski definition) is 0. The molecule has 0 radical (unpaired) electrons. The van der Waals surface area contributed by atoms with E-state index in [0.717, 1.165) is 11.3 Å². The van der Waals surface area contributed by atoms with Gasteiger partial charge in [-0.25, -0.2) is 4.79 Å². The Balaban J connectivity index is 1.85. The molecule has 3 atom stereocenters. The molecular formula is C28H43NO4Si2. The Morgan fingerprint density at radius 2 is 1.57 bits per heavy atom. The van der Waals surface area contributed by atoms with Crippen molar-refractivity contribution < 1.29 is 18.4 Å². The van der Waals surface area contributed by atoms with Crippen LogP contribution in [0.5, 0.6) is 0 Å². The molecule has 7 heteroatoms. The lowest BCUT2D eigenvalue weighted by atomic mass is 9.82. The number of esters is 1. The first-order chi connectivity index (χ1) is 16.0. The summed E-state index contributed by atoms with van der Waals surface area (Å²) < 4.78 is 22.4. The molecule has 0 amide bonds. The van der Waals surface area contributed by atoms with Gasteiger partial charge in [0.15, 0.2) is 22.2 Å². The molecular weight excluding hydrogens is 470 g/mol. The van der Waals surface area contributed by atoms with Crippen molar-refractivity contribution in [3.63, 3.8) is 0 Å². The van der Waals surface area contributed by atoms with Crippen molar-refractivity contribution in [3.8, 4) is 0 Å². The summed E-state index contributed by atoms with van der Waals surface area (Å²) >= 11 is 0. The second-order valence-electron chi connectivity index (χ2n) is 13.4. The number of fused-ring (bicyclic) bond motifs is 4. The molecule has 1 aliphatic heterocycles. The fourth-order valence-electron chi connectivity index (χ4n) is 4.62. The molecule has 2 aromatic rings. The van der Waals surface area contributed by atoms with Crippen molar-refractivity contribution in [1.29, 1.82) is 0 Å². The molecule has 1 aliphatic carbocycles. The van der Waals surface area contributed by atoms with Crippen molar-refractivity contribution in [2.75, 3.05) is 0 Å². The van der Waals surface area contributed by atoms with Gasteiger partial charge in [-0.1, -0.05) is 71.9 Å². The third kappa shape index (κ3) is 4.49. The Morgan fingerprint density at radius 3 is 2.14 bits per heavy atom. The minimum absolute atomic E-state index is 0.0264. The molecule has 1 aromatic heterocycles.